The van der Waals surface area contributed by atoms with Crippen molar-refractivity contribution in [2.24, 2.45) is 11.7 Å². The van der Waals surface area contributed by atoms with E-state index in [0.29, 0.717) is 6.42 Å². The van der Waals surface area contributed by atoms with Crippen LogP contribution in [0, 0.1) is 5.92 Å². The topological polar surface area (TPSA) is 151 Å². The number of hydrogen-bond donors (Lipinski definition) is 5. The lowest BCUT2D eigenvalue weighted by Crippen LogP contribution is -2.52. The Labute approximate surface area is 123 Å². The SMILES string of the molecule is COP(=O)(O)[C@@H](CO)NC(=O)[C@H](CC(C)C)NC(=O)CN. The summed E-state index contributed by atoms with van der Waals surface area (Å²) in [4.78, 5) is 32.9. The first-order valence-corrected chi connectivity index (χ1v) is 8.11. The number of aliphatic hydroxyl groups excluding tert-OH is 1. The van der Waals surface area contributed by atoms with Crippen molar-refractivity contribution in [3.8, 4) is 0 Å². The number of amides is 2. The third-order valence-electron chi connectivity index (χ3n) is 2.68. The van der Waals surface area contributed by atoms with Crippen LogP contribution in [0.15, 0.2) is 0 Å². The van der Waals surface area contributed by atoms with E-state index in [9.17, 15) is 19.0 Å². The zero-order valence-corrected chi connectivity index (χ0v) is 13.3. The summed E-state index contributed by atoms with van der Waals surface area (Å²) in [6.45, 7) is 2.66. The zero-order chi connectivity index (χ0) is 16.6. The van der Waals surface area contributed by atoms with Crippen molar-refractivity contribution in [2.75, 3.05) is 20.3 Å². The Morgan fingerprint density at radius 3 is 2.29 bits per heavy atom. The van der Waals surface area contributed by atoms with Crippen LogP contribution in [0.3, 0.4) is 0 Å². The molecule has 0 fully saturated rings. The van der Waals surface area contributed by atoms with Crippen LogP contribution >= 0.6 is 7.60 Å². The molecule has 9 nitrogen and oxygen atoms in total. The van der Waals surface area contributed by atoms with Gasteiger partial charge in [-0.2, -0.15) is 0 Å². The summed E-state index contributed by atoms with van der Waals surface area (Å²) in [6.07, 6.45) is 0.318. The first-order valence-electron chi connectivity index (χ1n) is 6.46. The van der Waals surface area contributed by atoms with Crippen LogP contribution < -0.4 is 16.4 Å². The van der Waals surface area contributed by atoms with Gasteiger partial charge in [0.25, 0.3) is 0 Å². The Kier molecular flexibility index (Phi) is 8.68. The third-order valence-corrected chi connectivity index (χ3v) is 4.28. The van der Waals surface area contributed by atoms with Crippen molar-refractivity contribution in [1.29, 1.82) is 0 Å². The molecule has 1 unspecified atom stereocenters. The highest BCUT2D eigenvalue weighted by Gasteiger charge is 2.34. The highest BCUT2D eigenvalue weighted by Crippen LogP contribution is 2.44. The lowest BCUT2D eigenvalue weighted by atomic mass is 10.0. The Balaban J connectivity index is 4.94. The minimum atomic E-state index is -4.17. The smallest absolute Gasteiger partial charge is 0.352 e. The molecule has 0 aliphatic heterocycles. The second-order valence-electron chi connectivity index (χ2n) is 4.91. The van der Waals surface area contributed by atoms with E-state index in [1.165, 1.54) is 0 Å². The fourth-order valence-electron chi connectivity index (χ4n) is 1.58. The van der Waals surface area contributed by atoms with E-state index >= 15 is 0 Å². The van der Waals surface area contributed by atoms with E-state index in [0.717, 1.165) is 7.11 Å². The Hall–Kier alpha value is -0.990. The number of aliphatic hydroxyl groups is 1. The number of carbonyl (C=O) groups is 2. The quantitative estimate of drug-likeness (QED) is 0.332. The van der Waals surface area contributed by atoms with Crippen LogP contribution in [-0.4, -0.2) is 53.9 Å². The molecule has 0 heterocycles. The van der Waals surface area contributed by atoms with Gasteiger partial charge < -0.3 is 30.9 Å². The number of rotatable bonds is 9. The van der Waals surface area contributed by atoms with E-state index in [1.807, 2.05) is 13.8 Å². The molecule has 3 atom stereocenters. The minimum Gasteiger partial charge on any atom is -0.394 e. The van der Waals surface area contributed by atoms with Crippen LogP contribution in [0.25, 0.3) is 0 Å². The van der Waals surface area contributed by atoms with Gasteiger partial charge in [0.1, 0.15) is 6.04 Å². The molecule has 0 saturated carbocycles. The van der Waals surface area contributed by atoms with Crippen molar-refractivity contribution < 1.29 is 28.7 Å². The molecule has 0 aromatic heterocycles. The van der Waals surface area contributed by atoms with Crippen LogP contribution in [0.2, 0.25) is 0 Å². The number of nitrogens with two attached hydrogens (primary N) is 1. The van der Waals surface area contributed by atoms with E-state index in [-0.39, 0.29) is 12.5 Å². The maximum Gasteiger partial charge on any atom is 0.352 e. The molecule has 0 saturated heterocycles. The average Bonchev–Trinajstić information content (AvgIpc) is 2.42. The minimum absolute atomic E-state index is 0.0924. The van der Waals surface area contributed by atoms with Gasteiger partial charge >= 0.3 is 7.60 Å². The number of nitrogens with one attached hydrogen (secondary N) is 2. The van der Waals surface area contributed by atoms with Crippen molar-refractivity contribution in [2.45, 2.75) is 32.1 Å². The summed E-state index contributed by atoms with van der Waals surface area (Å²) in [5.41, 5.74) is 5.18. The molecule has 0 rings (SSSR count). The van der Waals surface area contributed by atoms with Crippen LogP contribution in [0.1, 0.15) is 20.3 Å². The van der Waals surface area contributed by atoms with Gasteiger partial charge in [0.15, 0.2) is 5.78 Å². The van der Waals surface area contributed by atoms with E-state index < -0.39 is 37.8 Å². The summed E-state index contributed by atoms with van der Waals surface area (Å²) < 4.78 is 16.0. The van der Waals surface area contributed by atoms with Gasteiger partial charge in [-0.3, -0.25) is 14.2 Å². The van der Waals surface area contributed by atoms with E-state index in [1.54, 1.807) is 0 Å². The van der Waals surface area contributed by atoms with Gasteiger partial charge in [-0.25, -0.2) is 0 Å². The molecule has 2 amide bonds. The summed E-state index contributed by atoms with van der Waals surface area (Å²) in [5.74, 6) is -2.57. The fourth-order valence-corrected chi connectivity index (χ4v) is 2.33. The maximum atomic E-state index is 12.1. The van der Waals surface area contributed by atoms with Crippen LogP contribution in [0.4, 0.5) is 0 Å². The molecule has 0 radical (unpaired) electrons. The zero-order valence-electron chi connectivity index (χ0n) is 12.4. The van der Waals surface area contributed by atoms with Crippen molar-refractivity contribution in [1.82, 2.24) is 10.6 Å². The second-order valence-corrected chi connectivity index (χ2v) is 7.02. The van der Waals surface area contributed by atoms with E-state index in [2.05, 4.69) is 15.2 Å². The lowest BCUT2D eigenvalue weighted by molar-refractivity contribution is -0.129. The lowest BCUT2D eigenvalue weighted by Gasteiger charge is -2.25. The van der Waals surface area contributed by atoms with E-state index in [4.69, 9.17) is 10.8 Å². The highest BCUT2D eigenvalue weighted by atomic mass is 31.2. The molecule has 0 aromatic carbocycles. The molecular weight excluding hydrogens is 301 g/mol. The van der Waals surface area contributed by atoms with Gasteiger partial charge in [0.05, 0.1) is 13.2 Å². The third kappa shape index (κ3) is 7.01. The largest absolute Gasteiger partial charge is 0.394 e. The molecule has 0 aliphatic rings. The van der Waals surface area contributed by atoms with Crippen LogP contribution in [-0.2, 0) is 18.7 Å². The first-order chi connectivity index (χ1) is 9.67. The average molecular weight is 325 g/mol. The molecule has 0 aromatic rings. The normalized spacial score (nSPS) is 16.9. The maximum absolute atomic E-state index is 12.1. The monoisotopic (exact) mass is 325 g/mol. The molecule has 0 bridgehead atoms. The molecular formula is C11H24N3O6P. The predicted octanol–water partition coefficient (Wildman–Crippen LogP) is -1.26. The van der Waals surface area contributed by atoms with Gasteiger partial charge in [0.2, 0.25) is 11.8 Å². The highest BCUT2D eigenvalue weighted by molar-refractivity contribution is 7.53. The summed E-state index contributed by atoms with van der Waals surface area (Å²) in [7, 11) is -3.17. The first kappa shape index (κ1) is 20.0. The van der Waals surface area contributed by atoms with Crippen molar-refractivity contribution >= 4 is 19.4 Å². The Morgan fingerprint density at radius 1 is 1.33 bits per heavy atom. The standard InChI is InChI=1S/C11H24N3O6P/c1-7(2)4-8(13-9(16)5-12)11(17)14-10(6-15)21(18,19)20-3/h7-8,10,15H,4-6,12H2,1-3H3,(H,13,16)(H,14,17)(H,18,19)/t8-,10-/m0/s1. The van der Waals surface area contributed by atoms with Gasteiger partial charge in [0, 0.05) is 7.11 Å². The molecule has 124 valence electrons. The number of carbonyl (C=O) groups excluding carboxylic acids is 2. The second kappa shape index (κ2) is 9.11. The van der Waals surface area contributed by atoms with Gasteiger partial charge in [-0.1, -0.05) is 13.8 Å². The molecule has 6 N–H and O–H groups in total. The Bertz CT molecular complexity index is 403. The summed E-state index contributed by atoms with van der Waals surface area (Å²) in [6, 6.07) is -0.910. The predicted molar refractivity (Wildman–Crippen MR) is 76.3 cm³/mol. The summed E-state index contributed by atoms with van der Waals surface area (Å²) >= 11 is 0. The molecule has 0 spiro atoms. The fraction of sp³-hybridized carbons (Fsp3) is 0.818. The Morgan fingerprint density at radius 2 is 1.90 bits per heavy atom. The van der Waals surface area contributed by atoms with Crippen molar-refractivity contribution in [3.05, 3.63) is 0 Å². The molecule has 10 heteroatoms. The number of hydrogen-bond acceptors (Lipinski definition) is 6. The van der Waals surface area contributed by atoms with Crippen molar-refractivity contribution in [3.63, 3.8) is 0 Å². The van der Waals surface area contributed by atoms with Crippen LogP contribution in [0.5, 0.6) is 0 Å². The van der Waals surface area contributed by atoms with Gasteiger partial charge in [-0.05, 0) is 12.3 Å². The summed E-state index contributed by atoms with van der Waals surface area (Å²) in [5, 5.41) is 13.7. The molecule has 21 heavy (non-hydrogen) atoms. The molecule has 0 aliphatic carbocycles. The van der Waals surface area contributed by atoms with Gasteiger partial charge in [-0.15, -0.1) is 0 Å².